The Kier molecular flexibility index (Phi) is 4.75. The molecule has 0 unspecified atom stereocenters. The van der Waals surface area contributed by atoms with Gasteiger partial charge in [0.15, 0.2) is 5.82 Å². The Labute approximate surface area is 107 Å². The van der Waals surface area contributed by atoms with E-state index in [2.05, 4.69) is 15.8 Å². The molecule has 1 aromatic rings. The van der Waals surface area contributed by atoms with Gasteiger partial charge in [-0.05, 0) is 19.8 Å². The standard InChI is InChI=1S/C13H21N3O2/c1-10-9-12(16-18-10)15-13(17)7-8-14-11-5-3-2-4-6-11/h9,11,14H,2-8H2,1H3,(H,15,16,17). The first kappa shape index (κ1) is 13.1. The van der Waals surface area contributed by atoms with Crippen molar-refractivity contribution in [1.82, 2.24) is 10.5 Å². The molecule has 0 spiro atoms. The predicted octanol–water partition coefficient (Wildman–Crippen LogP) is 2.23. The fraction of sp³-hybridized carbons (Fsp3) is 0.692. The molecule has 1 saturated carbocycles. The van der Waals surface area contributed by atoms with Gasteiger partial charge in [-0.3, -0.25) is 4.79 Å². The van der Waals surface area contributed by atoms with Crippen molar-refractivity contribution in [3.05, 3.63) is 11.8 Å². The summed E-state index contributed by atoms with van der Waals surface area (Å²) in [5.74, 6) is 1.17. The topological polar surface area (TPSA) is 67.2 Å². The Morgan fingerprint density at radius 2 is 2.22 bits per heavy atom. The molecule has 100 valence electrons. The number of carbonyl (C=O) groups excluding carboxylic acids is 1. The number of nitrogens with one attached hydrogen (secondary N) is 2. The average molecular weight is 251 g/mol. The molecular formula is C13H21N3O2. The number of hydrogen-bond donors (Lipinski definition) is 2. The number of rotatable bonds is 5. The third-order valence-corrected chi connectivity index (χ3v) is 3.29. The van der Waals surface area contributed by atoms with Gasteiger partial charge in [0.1, 0.15) is 5.76 Å². The Balaban J connectivity index is 1.62. The van der Waals surface area contributed by atoms with Crippen LogP contribution >= 0.6 is 0 Å². The molecule has 5 heteroatoms. The predicted molar refractivity (Wildman–Crippen MR) is 69.4 cm³/mol. The first-order valence-corrected chi connectivity index (χ1v) is 6.70. The van der Waals surface area contributed by atoms with Crippen LogP contribution in [0.5, 0.6) is 0 Å². The van der Waals surface area contributed by atoms with Gasteiger partial charge in [-0.25, -0.2) is 0 Å². The summed E-state index contributed by atoms with van der Waals surface area (Å²) in [6.45, 7) is 2.53. The molecule has 1 aliphatic rings. The van der Waals surface area contributed by atoms with Crippen molar-refractivity contribution in [2.24, 2.45) is 0 Å². The van der Waals surface area contributed by atoms with Crippen LogP contribution in [0.15, 0.2) is 10.6 Å². The maximum absolute atomic E-state index is 11.6. The van der Waals surface area contributed by atoms with E-state index in [1.165, 1.54) is 32.1 Å². The van der Waals surface area contributed by atoms with E-state index in [0.29, 0.717) is 24.0 Å². The Hall–Kier alpha value is -1.36. The second-order valence-corrected chi connectivity index (χ2v) is 4.91. The minimum absolute atomic E-state index is 0.0217. The van der Waals surface area contributed by atoms with E-state index in [1.54, 1.807) is 13.0 Å². The SMILES string of the molecule is Cc1cc(NC(=O)CCNC2CCCCC2)no1. The van der Waals surface area contributed by atoms with Crippen molar-refractivity contribution in [3.63, 3.8) is 0 Å². The molecule has 0 radical (unpaired) electrons. The van der Waals surface area contributed by atoms with E-state index < -0.39 is 0 Å². The molecule has 0 saturated heterocycles. The normalized spacial score (nSPS) is 16.7. The minimum Gasteiger partial charge on any atom is -0.360 e. The van der Waals surface area contributed by atoms with Gasteiger partial charge in [0.05, 0.1) is 0 Å². The first-order valence-electron chi connectivity index (χ1n) is 6.70. The molecule has 2 N–H and O–H groups in total. The molecule has 1 amide bonds. The van der Waals surface area contributed by atoms with Gasteiger partial charge in [0.2, 0.25) is 5.91 Å². The van der Waals surface area contributed by atoms with E-state index in [4.69, 9.17) is 4.52 Å². The molecular weight excluding hydrogens is 230 g/mol. The molecule has 1 aliphatic carbocycles. The van der Waals surface area contributed by atoms with Crippen molar-refractivity contribution in [2.45, 2.75) is 51.5 Å². The zero-order valence-corrected chi connectivity index (χ0v) is 10.9. The molecule has 0 aliphatic heterocycles. The van der Waals surface area contributed by atoms with Crippen LogP contribution in [0.3, 0.4) is 0 Å². The number of nitrogens with zero attached hydrogens (tertiary/aromatic N) is 1. The average Bonchev–Trinajstić information content (AvgIpc) is 2.76. The molecule has 1 aromatic heterocycles. The van der Waals surface area contributed by atoms with Crippen molar-refractivity contribution in [1.29, 1.82) is 0 Å². The van der Waals surface area contributed by atoms with E-state index >= 15 is 0 Å². The summed E-state index contributed by atoms with van der Waals surface area (Å²) in [5.41, 5.74) is 0. The summed E-state index contributed by atoms with van der Waals surface area (Å²) in [4.78, 5) is 11.6. The van der Waals surface area contributed by atoms with Gasteiger partial charge in [-0.2, -0.15) is 0 Å². The molecule has 0 atom stereocenters. The number of carbonyl (C=O) groups is 1. The highest BCUT2D eigenvalue weighted by Gasteiger charge is 2.13. The van der Waals surface area contributed by atoms with Gasteiger partial charge in [-0.1, -0.05) is 24.4 Å². The number of hydrogen-bond acceptors (Lipinski definition) is 4. The second kappa shape index (κ2) is 6.54. The van der Waals surface area contributed by atoms with Crippen LogP contribution in [-0.4, -0.2) is 23.7 Å². The lowest BCUT2D eigenvalue weighted by Crippen LogP contribution is -2.33. The van der Waals surface area contributed by atoms with Crippen molar-refractivity contribution in [2.75, 3.05) is 11.9 Å². The monoisotopic (exact) mass is 251 g/mol. The Morgan fingerprint density at radius 3 is 2.89 bits per heavy atom. The van der Waals surface area contributed by atoms with E-state index in [9.17, 15) is 4.79 Å². The largest absolute Gasteiger partial charge is 0.360 e. The molecule has 18 heavy (non-hydrogen) atoms. The minimum atomic E-state index is -0.0217. The third kappa shape index (κ3) is 4.14. The summed E-state index contributed by atoms with van der Waals surface area (Å²) in [7, 11) is 0. The van der Waals surface area contributed by atoms with Crippen LogP contribution < -0.4 is 10.6 Å². The highest BCUT2D eigenvalue weighted by molar-refractivity contribution is 5.89. The summed E-state index contributed by atoms with van der Waals surface area (Å²) in [6, 6.07) is 2.31. The number of anilines is 1. The zero-order chi connectivity index (χ0) is 12.8. The van der Waals surface area contributed by atoms with Crippen LogP contribution in [0.25, 0.3) is 0 Å². The summed E-state index contributed by atoms with van der Waals surface area (Å²) in [6.07, 6.45) is 6.92. The Bertz CT molecular complexity index is 383. The van der Waals surface area contributed by atoms with E-state index in [-0.39, 0.29) is 5.91 Å². The second-order valence-electron chi connectivity index (χ2n) is 4.91. The van der Waals surface area contributed by atoms with Crippen LogP contribution in [-0.2, 0) is 4.79 Å². The van der Waals surface area contributed by atoms with Crippen molar-refractivity contribution in [3.8, 4) is 0 Å². The molecule has 2 rings (SSSR count). The maximum atomic E-state index is 11.6. The quantitative estimate of drug-likeness (QED) is 0.842. The lowest BCUT2D eigenvalue weighted by atomic mass is 9.95. The zero-order valence-electron chi connectivity index (χ0n) is 10.9. The number of aromatic nitrogens is 1. The molecule has 0 bridgehead atoms. The van der Waals surface area contributed by atoms with Gasteiger partial charge in [-0.15, -0.1) is 0 Å². The Morgan fingerprint density at radius 1 is 1.44 bits per heavy atom. The van der Waals surface area contributed by atoms with E-state index in [1.807, 2.05) is 0 Å². The van der Waals surface area contributed by atoms with Crippen molar-refractivity contribution >= 4 is 11.7 Å². The fourth-order valence-corrected chi connectivity index (χ4v) is 2.33. The first-order chi connectivity index (χ1) is 8.74. The van der Waals surface area contributed by atoms with Crippen LogP contribution in [0, 0.1) is 6.92 Å². The molecule has 1 heterocycles. The van der Waals surface area contributed by atoms with Crippen molar-refractivity contribution < 1.29 is 9.32 Å². The summed E-state index contributed by atoms with van der Waals surface area (Å²) < 4.78 is 4.88. The van der Waals surface area contributed by atoms with Gasteiger partial charge < -0.3 is 15.2 Å². The highest BCUT2D eigenvalue weighted by Crippen LogP contribution is 2.17. The van der Waals surface area contributed by atoms with Crippen LogP contribution in [0.4, 0.5) is 5.82 Å². The van der Waals surface area contributed by atoms with Crippen LogP contribution in [0.1, 0.15) is 44.3 Å². The molecule has 1 fully saturated rings. The fourth-order valence-electron chi connectivity index (χ4n) is 2.33. The summed E-state index contributed by atoms with van der Waals surface area (Å²) >= 11 is 0. The molecule has 5 nitrogen and oxygen atoms in total. The van der Waals surface area contributed by atoms with Gasteiger partial charge in [0.25, 0.3) is 0 Å². The number of aryl methyl sites for hydroxylation is 1. The van der Waals surface area contributed by atoms with E-state index in [0.717, 1.165) is 6.54 Å². The highest BCUT2D eigenvalue weighted by atomic mass is 16.5. The maximum Gasteiger partial charge on any atom is 0.226 e. The van der Waals surface area contributed by atoms with Gasteiger partial charge in [0, 0.05) is 25.1 Å². The third-order valence-electron chi connectivity index (χ3n) is 3.29. The van der Waals surface area contributed by atoms with Gasteiger partial charge >= 0.3 is 0 Å². The number of amides is 1. The summed E-state index contributed by atoms with van der Waals surface area (Å²) in [5, 5.41) is 9.88. The lowest BCUT2D eigenvalue weighted by molar-refractivity contribution is -0.116. The lowest BCUT2D eigenvalue weighted by Gasteiger charge is -2.22. The van der Waals surface area contributed by atoms with Crippen LogP contribution in [0.2, 0.25) is 0 Å². The molecule has 0 aromatic carbocycles. The smallest absolute Gasteiger partial charge is 0.226 e.